The Balaban J connectivity index is 1.75. The summed E-state index contributed by atoms with van der Waals surface area (Å²) in [5.74, 6) is -5.22. The van der Waals surface area contributed by atoms with Gasteiger partial charge in [-0.25, -0.2) is 9.59 Å². The van der Waals surface area contributed by atoms with E-state index in [1.165, 1.54) is 6.92 Å². The Morgan fingerprint density at radius 3 is 2.19 bits per heavy atom. The molecule has 6 rings (SSSR count). The van der Waals surface area contributed by atoms with Crippen molar-refractivity contribution < 1.29 is 53.8 Å². The molecule has 4 aliphatic heterocycles. The predicted octanol–water partition coefficient (Wildman–Crippen LogP) is -2.40. The van der Waals surface area contributed by atoms with Gasteiger partial charge in [0.1, 0.15) is 12.2 Å². The average molecular weight is 440 g/mol. The second-order valence-electron chi connectivity index (χ2n) is 10.8. The van der Waals surface area contributed by atoms with E-state index in [9.17, 15) is 34.8 Å². The third-order valence-corrected chi connectivity index (χ3v) is 8.95. The van der Waals surface area contributed by atoms with Gasteiger partial charge in [-0.2, -0.15) is 0 Å². The minimum atomic E-state index is -2.40. The second-order valence-corrected chi connectivity index (χ2v) is 10.8. The highest BCUT2D eigenvalue weighted by molar-refractivity contribution is 5.94. The lowest BCUT2D eigenvalue weighted by atomic mass is 9.51. The van der Waals surface area contributed by atoms with Gasteiger partial charge in [-0.1, -0.05) is 20.8 Å². The molecule has 2 saturated carbocycles. The van der Waals surface area contributed by atoms with E-state index in [1.807, 2.05) is 0 Å². The number of rotatable bonds is 0. The van der Waals surface area contributed by atoms with Crippen molar-refractivity contribution in [3.05, 3.63) is 0 Å². The molecular weight excluding hydrogens is 416 g/mol. The van der Waals surface area contributed by atoms with Gasteiger partial charge >= 0.3 is 17.9 Å². The lowest BCUT2D eigenvalue weighted by Gasteiger charge is -2.47. The van der Waals surface area contributed by atoms with Crippen molar-refractivity contribution in [3.63, 3.8) is 0 Å². The molecule has 2 spiro atoms. The minimum Gasteiger partial charge on any atom is -0.456 e. The van der Waals surface area contributed by atoms with Crippen LogP contribution in [-0.2, 0) is 33.3 Å². The molecule has 31 heavy (non-hydrogen) atoms. The molecule has 2 aliphatic carbocycles. The van der Waals surface area contributed by atoms with Gasteiger partial charge < -0.3 is 39.4 Å². The zero-order valence-corrected chi connectivity index (χ0v) is 17.3. The van der Waals surface area contributed by atoms with Crippen molar-refractivity contribution in [2.24, 2.45) is 28.1 Å². The Morgan fingerprint density at radius 1 is 0.935 bits per heavy atom. The van der Waals surface area contributed by atoms with Gasteiger partial charge in [0.05, 0.1) is 22.9 Å². The number of aliphatic hydroxyl groups excluding tert-OH is 3. The summed E-state index contributed by atoms with van der Waals surface area (Å²) >= 11 is 0. The van der Waals surface area contributed by atoms with Crippen molar-refractivity contribution in [3.8, 4) is 0 Å². The quantitative estimate of drug-likeness (QED) is 0.234. The molecule has 0 aromatic rings. The van der Waals surface area contributed by atoms with Crippen LogP contribution in [-0.4, -0.2) is 86.3 Å². The first-order valence-electron chi connectivity index (χ1n) is 10.3. The highest BCUT2D eigenvalue weighted by atomic mass is 16.8. The summed E-state index contributed by atoms with van der Waals surface area (Å²) in [5.41, 5.74) is -9.40. The SMILES string of the molecule is C[C@@H]1C(=O)O[C@H]2[C@H](O)C34[C@@H]5OC(=O)[C@@]3(O[C@@H]3OC(=O)[C@H](O)[C@@]34[C@H](C(C)(C)C)[C@H]5O)[C@@]12O. The van der Waals surface area contributed by atoms with E-state index in [0.717, 1.165) is 0 Å². The Hall–Kier alpha value is -1.79. The van der Waals surface area contributed by atoms with Gasteiger partial charge in [0.15, 0.2) is 17.8 Å². The number of carbonyl (C=O) groups excluding carboxylic acids is 3. The van der Waals surface area contributed by atoms with Crippen molar-refractivity contribution in [1.82, 2.24) is 0 Å². The van der Waals surface area contributed by atoms with Crippen molar-refractivity contribution in [1.29, 1.82) is 0 Å². The van der Waals surface area contributed by atoms with E-state index in [-0.39, 0.29) is 0 Å². The van der Waals surface area contributed by atoms with Gasteiger partial charge in [-0.3, -0.25) is 4.79 Å². The van der Waals surface area contributed by atoms with Crippen LogP contribution >= 0.6 is 0 Å². The highest BCUT2D eigenvalue weighted by Gasteiger charge is 3.05. The Kier molecular flexibility index (Phi) is 3.15. The Morgan fingerprint density at radius 2 is 1.58 bits per heavy atom. The first kappa shape index (κ1) is 19.9. The highest BCUT2D eigenvalue weighted by Crippen LogP contribution is 2.84. The summed E-state index contributed by atoms with van der Waals surface area (Å²) in [4.78, 5) is 38.3. The van der Waals surface area contributed by atoms with Crippen LogP contribution in [0.3, 0.4) is 0 Å². The standard InChI is InChI=1S/C20H24O11/c1-5-12(24)28-11-8(22)18-10-6(21)7(16(2,3)4)17(18)9(23)13(25)30-15(17)31-20(18,14(26)29-10)19(5,11)27/h5-11,15,21-23,27H,1-4H3/t5-,6-,7+,8+,9+,10-,11+,15+,17+,18?,19-,20+/m1/s1. The van der Waals surface area contributed by atoms with Crippen LogP contribution in [0.25, 0.3) is 0 Å². The number of hydrogen-bond donors (Lipinski definition) is 4. The molecule has 0 aromatic carbocycles. The topological polar surface area (TPSA) is 169 Å². The number of esters is 3. The molecule has 12 atom stereocenters. The second kappa shape index (κ2) is 4.91. The maximum Gasteiger partial charge on any atom is 0.343 e. The Labute approximate surface area is 176 Å². The molecule has 4 N–H and O–H groups in total. The van der Waals surface area contributed by atoms with E-state index in [2.05, 4.69) is 0 Å². The normalized spacial score (nSPS) is 61.0. The van der Waals surface area contributed by atoms with Gasteiger partial charge in [-0.15, -0.1) is 0 Å². The summed E-state index contributed by atoms with van der Waals surface area (Å²) in [6.07, 6.45) is -9.69. The fourth-order valence-corrected chi connectivity index (χ4v) is 8.27. The third kappa shape index (κ3) is 1.43. The largest absolute Gasteiger partial charge is 0.456 e. The minimum absolute atomic E-state index is 0.792. The molecule has 0 amide bonds. The first-order chi connectivity index (χ1) is 14.3. The third-order valence-electron chi connectivity index (χ3n) is 8.95. The molecule has 0 aromatic heterocycles. The Bertz CT molecular complexity index is 957. The first-order valence-corrected chi connectivity index (χ1v) is 10.3. The van der Waals surface area contributed by atoms with E-state index in [0.29, 0.717) is 0 Å². The zero-order valence-electron chi connectivity index (χ0n) is 17.3. The molecular formula is C20H24O11. The fraction of sp³-hybridized carbons (Fsp3) is 0.850. The number of ether oxygens (including phenoxy) is 4. The van der Waals surface area contributed by atoms with Crippen LogP contribution in [0.2, 0.25) is 0 Å². The fourth-order valence-electron chi connectivity index (χ4n) is 8.27. The van der Waals surface area contributed by atoms with Gasteiger partial charge in [0.25, 0.3) is 0 Å². The predicted molar refractivity (Wildman–Crippen MR) is 93.4 cm³/mol. The van der Waals surface area contributed by atoms with Crippen LogP contribution in [0.15, 0.2) is 0 Å². The van der Waals surface area contributed by atoms with Gasteiger partial charge in [0, 0.05) is 5.92 Å². The molecule has 4 saturated heterocycles. The maximum atomic E-state index is 13.4. The molecule has 11 nitrogen and oxygen atoms in total. The summed E-state index contributed by atoms with van der Waals surface area (Å²) in [7, 11) is 0. The molecule has 0 bridgehead atoms. The zero-order chi connectivity index (χ0) is 22.7. The van der Waals surface area contributed by atoms with Crippen molar-refractivity contribution >= 4 is 17.9 Å². The number of aliphatic hydroxyl groups is 4. The van der Waals surface area contributed by atoms with E-state index in [1.54, 1.807) is 20.8 Å². The van der Waals surface area contributed by atoms with E-state index >= 15 is 0 Å². The van der Waals surface area contributed by atoms with Crippen LogP contribution in [0.4, 0.5) is 0 Å². The van der Waals surface area contributed by atoms with Crippen LogP contribution < -0.4 is 0 Å². The average Bonchev–Trinajstić information content (AvgIpc) is 3.35. The summed E-state index contributed by atoms with van der Waals surface area (Å²) in [6, 6.07) is 0. The lowest BCUT2D eigenvalue weighted by molar-refractivity contribution is -0.240. The van der Waals surface area contributed by atoms with Gasteiger partial charge in [-0.05, 0) is 12.3 Å². The van der Waals surface area contributed by atoms with Crippen LogP contribution in [0, 0.1) is 28.1 Å². The number of hydrogen-bond acceptors (Lipinski definition) is 11. The van der Waals surface area contributed by atoms with Gasteiger partial charge in [0.2, 0.25) is 11.9 Å². The van der Waals surface area contributed by atoms with Crippen LogP contribution in [0.5, 0.6) is 0 Å². The molecule has 0 radical (unpaired) electrons. The number of fused-ring (bicyclic) bond motifs is 1. The summed E-state index contributed by atoms with van der Waals surface area (Å²) in [5, 5.41) is 46.1. The monoisotopic (exact) mass is 440 g/mol. The molecule has 6 aliphatic rings. The molecule has 4 heterocycles. The van der Waals surface area contributed by atoms with Crippen LogP contribution in [0.1, 0.15) is 27.7 Å². The van der Waals surface area contributed by atoms with Crippen molar-refractivity contribution in [2.45, 2.75) is 75.7 Å². The van der Waals surface area contributed by atoms with Crippen molar-refractivity contribution in [2.75, 3.05) is 0 Å². The molecule has 6 fully saturated rings. The smallest absolute Gasteiger partial charge is 0.343 e. The molecule has 11 heteroatoms. The number of carbonyl (C=O) groups is 3. The lowest BCUT2D eigenvalue weighted by Crippen LogP contribution is -2.67. The van der Waals surface area contributed by atoms with E-state index < -0.39 is 94.0 Å². The summed E-state index contributed by atoms with van der Waals surface area (Å²) < 4.78 is 22.2. The summed E-state index contributed by atoms with van der Waals surface area (Å²) in [6.45, 7) is 6.63. The maximum absolute atomic E-state index is 13.4. The molecule has 170 valence electrons. The van der Waals surface area contributed by atoms with E-state index in [4.69, 9.17) is 18.9 Å². The molecule has 1 unspecified atom stereocenters.